The Morgan fingerprint density at radius 2 is 1.81 bits per heavy atom. The van der Waals surface area contributed by atoms with E-state index in [4.69, 9.17) is 10.5 Å². The zero-order chi connectivity index (χ0) is 30.7. The lowest BCUT2D eigenvalue weighted by Gasteiger charge is -2.47. The monoisotopic (exact) mass is 595 g/mol. The van der Waals surface area contributed by atoms with Gasteiger partial charge in [0.1, 0.15) is 5.82 Å². The van der Waals surface area contributed by atoms with Crippen molar-refractivity contribution in [2.45, 2.75) is 63.6 Å². The molecule has 0 unspecified atom stereocenters. The zero-order valence-electron chi connectivity index (χ0n) is 25.7. The van der Waals surface area contributed by atoms with Crippen molar-refractivity contribution < 1.29 is 23.8 Å². The van der Waals surface area contributed by atoms with Crippen LogP contribution in [0.4, 0.5) is 14.9 Å². The van der Waals surface area contributed by atoms with Crippen LogP contribution in [0.2, 0.25) is 0 Å². The number of carboxylic acid groups (broad SMARTS) is 1. The number of piperazine rings is 1. The minimum absolute atomic E-state index is 0.0210. The Hall–Kier alpha value is -3.05. The summed E-state index contributed by atoms with van der Waals surface area (Å²) in [5.41, 5.74) is 9.84. The van der Waals surface area contributed by atoms with E-state index in [2.05, 4.69) is 41.8 Å². The van der Waals surface area contributed by atoms with Crippen molar-refractivity contribution >= 4 is 17.7 Å². The lowest BCUT2D eigenvalue weighted by atomic mass is 9.80. The van der Waals surface area contributed by atoms with Gasteiger partial charge in [-0.25, -0.2) is 9.18 Å². The Balaban J connectivity index is 1.39. The number of carbonyl (C=O) groups excluding carboxylic acids is 1. The third kappa shape index (κ3) is 7.03. The number of carbonyl (C=O) groups is 2. The maximum Gasteiger partial charge on any atom is 0.407 e. The zero-order valence-corrected chi connectivity index (χ0v) is 25.7. The van der Waals surface area contributed by atoms with Gasteiger partial charge in [-0.05, 0) is 74.5 Å². The lowest BCUT2D eigenvalue weighted by molar-refractivity contribution is -0.121. The molecule has 2 amide bonds. The second-order valence-corrected chi connectivity index (χ2v) is 12.9. The molecule has 2 fully saturated rings. The van der Waals surface area contributed by atoms with Gasteiger partial charge >= 0.3 is 6.09 Å². The number of fused-ring (bicyclic) bond motifs is 1. The molecule has 0 spiro atoms. The van der Waals surface area contributed by atoms with Crippen LogP contribution in [0.15, 0.2) is 42.5 Å². The van der Waals surface area contributed by atoms with Gasteiger partial charge < -0.3 is 25.4 Å². The first-order chi connectivity index (χ1) is 20.6. The molecule has 0 aromatic heterocycles. The largest absolute Gasteiger partial charge is 0.465 e. The van der Waals surface area contributed by atoms with Crippen LogP contribution in [0.1, 0.15) is 50.3 Å². The van der Waals surface area contributed by atoms with E-state index in [1.807, 2.05) is 11.8 Å². The minimum Gasteiger partial charge on any atom is -0.465 e. The first-order valence-electron chi connectivity index (χ1n) is 15.5. The number of hydrogen-bond donors (Lipinski definition) is 2. The Kier molecular flexibility index (Phi) is 9.70. The van der Waals surface area contributed by atoms with Gasteiger partial charge in [0.05, 0.1) is 19.8 Å². The quantitative estimate of drug-likeness (QED) is 0.457. The van der Waals surface area contributed by atoms with Crippen LogP contribution in [0.3, 0.4) is 0 Å². The summed E-state index contributed by atoms with van der Waals surface area (Å²) < 4.78 is 19.1. The number of halogens is 1. The van der Waals surface area contributed by atoms with E-state index < -0.39 is 6.09 Å². The number of anilines is 1. The maximum atomic E-state index is 14.2. The van der Waals surface area contributed by atoms with Crippen LogP contribution >= 0.6 is 0 Å². The smallest absolute Gasteiger partial charge is 0.407 e. The number of ether oxygens (including phenoxy) is 1. The van der Waals surface area contributed by atoms with Crippen LogP contribution < -0.4 is 10.6 Å². The molecule has 0 radical (unpaired) electrons. The Bertz CT molecular complexity index is 1290. The van der Waals surface area contributed by atoms with Gasteiger partial charge in [0.15, 0.2) is 0 Å². The number of rotatable bonds is 9. The number of benzene rings is 2. The molecular formula is C33H46FN5O4. The van der Waals surface area contributed by atoms with Crippen LogP contribution in [-0.4, -0.2) is 109 Å². The molecule has 234 valence electrons. The predicted octanol–water partition coefficient (Wildman–Crippen LogP) is 3.53. The van der Waals surface area contributed by atoms with E-state index in [1.54, 1.807) is 12.1 Å². The first kappa shape index (κ1) is 31.4. The van der Waals surface area contributed by atoms with Crippen LogP contribution in [0, 0.1) is 5.82 Å². The molecule has 3 heterocycles. The molecule has 3 aliphatic rings. The average molecular weight is 596 g/mol. The summed E-state index contributed by atoms with van der Waals surface area (Å²) in [5, 5.41) is 9.88. The van der Waals surface area contributed by atoms with E-state index in [1.165, 1.54) is 17.0 Å². The summed E-state index contributed by atoms with van der Waals surface area (Å²) in [4.78, 5) is 34.2. The molecule has 4 atom stereocenters. The average Bonchev–Trinajstić information content (AvgIpc) is 3.27. The van der Waals surface area contributed by atoms with Gasteiger partial charge in [-0.1, -0.05) is 31.2 Å². The summed E-state index contributed by atoms with van der Waals surface area (Å²) in [6.07, 6.45) is 1.47. The second kappa shape index (κ2) is 13.3. The molecule has 3 N–H and O–H groups in total. The van der Waals surface area contributed by atoms with Gasteiger partial charge in [-0.2, -0.15) is 0 Å². The molecule has 9 nitrogen and oxygen atoms in total. The number of nitrogens with zero attached hydrogens (tertiary/aromatic N) is 4. The van der Waals surface area contributed by atoms with Gasteiger partial charge in [0.25, 0.3) is 0 Å². The van der Waals surface area contributed by atoms with Gasteiger partial charge in [0, 0.05) is 62.0 Å². The van der Waals surface area contributed by atoms with Gasteiger partial charge in [-0.3, -0.25) is 14.6 Å². The third-order valence-electron chi connectivity index (χ3n) is 9.55. The van der Waals surface area contributed by atoms with Gasteiger partial charge in [-0.15, -0.1) is 0 Å². The molecule has 0 saturated carbocycles. The Morgan fingerprint density at radius 3 is 2.51 bits per heavy atom. The first-order valence-corrected chi connectivity index (χ1v) is 15.5. The van der Waals surface area contributed by atoms with Crippen molar-refractivity contribution in [3.8, 4) is 0 Å². The molecule has 2 saturated heterocycles. The molecule has 0 bridgehead atoms. The summed E-state index contributed by atoms with van der Waals surface area (Å²) in [6, 6.07) is 12.8. The molecule has 5 rings (SSSR count). The molecule has 3 aliphatic heterocycles. The summed E-state index contributed by atoms with van der Waals surface area (Å²) >= 11 is 0. The SMILES string of the molecule is C[C@@H]1COCCN1C[C@H]1CN(C(=O)O)[C@H](C)CN1CC(=O)N1C[C@](C)(CCCN)c2ccc(Cc3ccc(F)cc3)cc21. The van der Waals surface area contributed by atoms with Crippen molar-refractivity contribution in [2.75, 3.05) is 63.9 Å². The topological polar surface area (TPSA) is 103 Å². The minimum atomic E-state index is -0.920. The normalized spacial score (nSPS) is 26.5. The van der Waals surface area contributed by atoms with Crippen molar-refractivity contribution in [3.63, 3.8) is 0 Å². The fourth-order valence-electron chi connectivity index (χ4n) is 7.01. The van der Waals surface area contributed by atoms with Crippen molar-refractivity contribution in [1.82, 2.24) is 14.7 Å². The number of amides is 2. The highest BCUT2D eigenvalue weighted by molar-refractivity contribution is 5.97. The number of hydrogen-bond acceptors (Lipinski definition) is 6. The highest BCUT2D eigenvalue weighted by Gasteiger charge is 2.43. The van der Waals surface area contributed by atoms with Crippen molar-refractivity contribution in [1.29, 1.82) is 0 Å². The van der Waals surface area contributed by atoms with E-state index in [-0.39, 0.29) is 41.8 Å². The molecule has 2 aromatic rings. The van der Waals surface area contributed by atoms with E-state index >= 15 is 0 Å². The molecule has 43 heavy (non-hydrogen) atoms. The fourth-order valence-corrected chi connectivity index (χ4v) is 7.01. The summed E-state index contributed by atoms with van der Waals surface area (Å²) in [7, 11) is 0. The lowest BCUT2D eigenvalue weighted by Crippen LogP contribution is -2.64. The summed E-state index contributed by atoms with van der Waals surface area (Å²) in [6.45, 7) is 11.3. The van der Waals surface area contributed by atoms with Crippen LogP contribution in [-0.2, 0) is 21.4 Å². The summed E-state index contributed by atoms with van der Waals surface area (Å²) in [5.74, 6) is -0.238. The maximum absolute atomic E-state index is 14.2. The Labute approximate surface area is 254 Å². The van der Waals surface area contributed by atoms with E-state index in [0.717, 1.165) is 41.8 Å². The molecule has 2 aromatic carbocycles. The third-order valence-corrected chi connectivity index (χ3v) is 9.55. The number of nitrogens with two attached hydrogens (primary N) is 1. The van der Waals surface area contributed by atoms with E-state index in [9.17, 15) is 19.1 Å². The van der Waals surface area contributed by atoms with Crippen LogP contribution in [0.5, 0.6) is 0 Å². The highest BCUT2D eigenvalue weighted by atomic mass is 19.1. The van der Waals surface area contributed by atoms with Crippen LogP contribution in [0.25, 0.3) is 0 Å². The highest BCUT2D eigenvalue weighted by Crippen LogP contribution is 2.44. The number of morpholine rings is 1. The predicted molar refractivity (Wildman–Crippen MR) is 165 cm³/mol. The Morgan fingerprint density at radius 1 is 1.07 bits per heavy atom. The fraction of sp³-hybridized carbons (Fsp3) is 0.576. The second-order valence-electron chi connectivity index (χ2n) is 12.9. The van der Waals surface area contributed by atoms with Gasteiger partial charge in [0.2, 0.25) is 5.91 Å². The molecular weight excluding hydrogens is 549 g/mol. The van der Waals surface area contributed by atoms with E-state index in [0.29, 0.717) is 52.4 Å². The van der Waals surface area contributed by atoms with Crippen molar-refractivity contribution in [2.24, 2.45) is 5.73 Å². The van der Waals surface area contributed by atoms with Crippen molar-refractivity contribution in [3.05, 3.63) is 65.0 Å². The standard InChI is InChI=1S/C33H46FN5O4/c1-23-17-37(28(19-38(23)32(41)42)18-36-13-14-43-21-24(36)2)20-31(40)39-22-33(3,11-4-12-35)29-10-7-26(16-30(29)39)15-25-5-8-27(34)9-6-25/h5-10,16,23-24,28H,4,11-15,17-22,35H2,1-3H3,(H,41,42)/t23-,24-,28+,33+/m1/s1. The molecule has 0 aliphatic carbocycles. The molecule has 10 heteroatoms.